The number of hydrogen-bond donors (Lipinski definition) is 3. The van der Waals surface area contributed by atoms with Gasteiger partial charge in [-0.05, 0) is 18.6 Å². The largest absolute Gasteiger partial charge is 0.391 e. The summed E-state index contributed by atoms with van der Waals surface area (Å²) in [6.07, 6.45) is 1.16. The summed E-state index contributed by atoms with van der Waals surface area (Å²) >= 11 is 1.73. The highest BCUT2D eigenvalue weighted by Crippen LogP contribution is 2.21. The van der Waals surface area contributed by atoms with Crippen LogP contribution in [0.2, 0.25) is 0 Å². The third kappa shape index (κ3) is 7.40. The number of thioether (sulfide) groups is 1. The first-order valence-corrected chi connectivity index (χ1v) is 7.91. The molecule has 0 heterocycles. The van der Waals surface area contributed by atoms with Gasteiger partial charge in [0.05, 0.1) is 6.10 Å². The van der Waals surface area contributed by atoms with Gasteiger partial charge in [0, 0.05) is 23.2 Å². The van der Waals surface area contributed by atoms with Crippen molar-refractivity contribution in [3.05, 3.63) is 30.3 Å². The summed E-state index contributed by atoms with van der Waals surface area (Å²) in [7, 11) is 0. The Bertz CT molecular complexity index is 387. The van der Waals surface area contributed by atoms with Crippen LogP contribution in [0.25, 0.3) is 0 Å². The maximum Gasteiger partial charge on any atom is 0.314 e. The Morgan fingerprint density at radius 2 is 1.90 bits per heavy atom. The van der Waals surface area contributed by atoms with Crippen molar-refractivity contribution < 1.29 is 9.90 Å². The molecule has 3 N–H and O–H groups in total. The van der Waals surface area contributed by atoms with Crippen LogP contribution in [0.15, 0.2) is 35.2 Å². The van der Waals surface area contributed by atoms with Crippen molar-refractivity contribution in [2.24, 2.45) is 0 Å². The molecule has 1 aromatic carbocycles. The molecule has 0 saturated heterocycles. The number of carbonyl (C=O) groups is 1. The van der Waals surface area contributed by atoms with E-state index in [-0.39, 0.29) is 6.03 Å². The third-order valence-electron chi connectivity index (χ3n) is 2.75. The van der Waals surface area contributed by atoms with Crippen LogP contribution < -0.4 is 10.6 Å². The summed E-state index contributed by atoms with van der Waals surface area (Å²) in [5.41, 5.74) is 0. The van der Waals surface area contributed by atoms with Crippen LogP contribution in [0.5, 0.6) is 0 Å². The first-order valence-electron chi connectivity index (χ1n) is 7.03. The molecule has 2 atom stereocenters. The minimum atomic E-state index is -0.457. The van der Waals surface area contributed by atoms with Crippen molar-refractivity contribution >= 4 is 17.8 Å². The number of urea groups is 1. The van der Waals surface area contributed by atoms with Gasteiger partial charge in [0.15, 0.2) is 0 Å². The Kier molecular flexibility index (Phi) is 8.14. The molecule has 0 aliphatic rings. The zero-order chi connectivity index (χ0) is 14.8. The second-order valence-electron chi connectivity index (χ2n) is 4.77. The predicted octanol–water partition coefficient (Wildman–Crippen LogP) is 2.63. The van der Waals surface area contributed by atoms with Gasteiger partial charge < -0.3 is 15.7 Å². The van der Waals surface area contributed by atoms with E-state index in [0.717, 1.165) is 6.42 Å². The molecule has 0 spiro atoms. The highest BCUT2D eigenvalue weighted by atomic mass is 32.2. The summed E-state index contributed by atoms with van der Waals surface area (Å²) < 4.78 is 0. The average molecular weight is 296 g/mol. The summed E-state index contributed by atoms with van der Waals surface area (Å²) in [4.78, 5) is 12.8. The van der Waals surface area contributed by atoms with Crippen molar-refractivity contribution in [2.75, 3.05) is 13.1 Å². The number of hydrogen-bond acceptors (Lipinski definition) is 3. The number of carbonyl (C=O) groups excluding carboxylic acids is 1. The van der Waals surface area contributed by atoms with Gasteiger partial charge in [-0.15, -0.1) is 11.8 Å². The van der Waals surface area contributed by atoms with E-state index in [0.29, 0.717) is 24.8 Å². The van der Waals surface area contributed by atoms with Gasteiger partial charge in [0.2, 0.25) is 0 Å². The van der Waals surface area contributed by atoms with E-state index in [1.807, 2.05) is 25.1 Å². The van der Waals surface area contributed by atoms with Gasteiger partial charge in [-0.1, -0.05) is 38.5 Å². The fraction of sp³-hybridized carbons (Fsp3) is 0.533. The van der Waals surface area contributed by atoms with Gasteiger partial charge in [-0.2, -0.15) is 0 Å². The highest BCUT2D eigenvalue weighted by Gasteiger charge is 2.08. The third-order valence-corrected chi connectivity index (χ3v) is 3.86. The summed E-state index contributed by atoms with van der Waals surface area (Å²) in [6.45, 7) is 4.98. The highest BCUT2D eigenvalue weighted by molar-refractivity contribution is 8.00. The zero-order valence-electron chi connectivity index (χ0n) is 12.1. The molecule has 1 rings (SSSR count). The molecular formula is C15H24N2O2S. The van der Waals surface area contributed by atoms with E-state index >= 15 is 0 Å². The standard InChI is InChI=1S/C15H24N2O2S/c1-3-7-13(18)11-17-15(19)16-10-12(2)20-14-8-5-4-6-9-14/h4-6,8-9,12-13,18H,3,7,10-11H2,1-2H3,(H2,16,17,19). The molecule has 5 heteroatoms. The molecule has 2 unspecified atom stereocenters. The Morgan fingerprint density at radius 3 is 2.55 bits per heavy atom. The van der Waals surface area contributed by atoms with Gasteiger partial charge in [-0.25, -0.2) is 4.79 Å². The smallest absolute Gasteiger partial charge is 0.314 e. The normalized spacial score (nSPS) is 13.6. The van der Waals surface area contributed by atoms with E-state index in [2.05, 4.69) is 29.7 Å². The first-order chi connectivity index (χ1) is 9.61. The lowest BCUT2D eigenvalue weighted by atomic mass is 10.2. The van der Waals surface area contributed by atoms with Crippen molar-refractivity contribution in [1.82, 2.24) is 10.6 Å². The maximum atomic E-state index is 11.6. The Labute approximate surface area is 125 Å². The molecule has 1 aromatic rings. The molecule has 20 heavy (non-hydrogen) atoms. The zero-order valence-corrected chi connectivity index (χ0v) is 13.0. The number of aliphatic hydroxyl groups is 1. The van der Waals surface area contributed by atoms with Crippen LogP contribution in [-0.2, 0) is 0 Å². The Hall–Kier alpha value is -1.20. The molecule has 0 aliphatic carbocycles. The molecule has 0 aromatic heterocycles. The summed E-state index contributed by atoms with van der Waals surface area (Å²) in [5.74, 6) is 0. The second kappa shape index (κ2) is 9.66. The van der Waals surface area contributed by atoms with Crippen molar-refractivity contribution in [1.29, 1.82) is 0 Å². The molecule has 0 fully saturated rings. The minimum Gasteiger partial charge on any atom is -0.391 e. The number of amides is 2. The predicted molar refractivity (Wildman–Crippen MR) is 84.1 cm³/mol. The van der Waals surface area contributed by atoms with E-state index < -0.39 is 6.10 Å². The lowest BCUT2D eigenvalue weighted by molar-refractivity contribution is 0.160. The molecule has 0 bridgehead atoms. The van der Waals surface area contributed by atoms with Gasteiger partial charge in [0.1, 0.15) is 0 Å². The van der Waals surface area contributed by atoms with Crippen molar-refractivity contribution in [3.63, 3.8) is 0 Å². The summed E-state index contributed by atoms with van der Waals surface area (Å²) in [6, 6.07) is 9.89. The van der Waals surface area contributed by atoms with Gasteiger partial charge in [-0.3, -0.25) is 0 Å². The van der Waals surface area contributed by atoms with Crippen LogP contribution in [-0.4, -0.2) is 35.6 Å². The van der Waals surface area contributed by atoms with Crippen molar-refractivity contribution in [3.8, 4) is 0 Å². The van der Waals surface area contributed by atoms with E-state index in [1.165, 1.54) is 4.90 Å². The molecule has 0 aliphatic heterocycles. The number of rotatable bonds is 8. The number of aliphatic hydroxyl groups excluding tert-OH is 1. The minimum absolute atomic E-state index is 0.222. The molecule has 112 valence electrons. The van der Waals surface area contributed by atoms with Crippen LogP contribution in [0, 0.1) is 0 Å². The lowest BCUT2D eigenvalue weighted by Gasteiger charge is -2.14. The van der Waals surface area contributed by atoms with E-state index in [4.69, 9.17) is 0 Å². The topological polar surface area (TPSA) is 61.4 Å². The average Bonchev–Trinajstić information content (AvgIpc) is 2.44. The Balaban J connectivity index is 2.17. The van der Waals surface area contributed by atoms with Crippen LogP contribution in [0.3, 0.4) is 0 Å². The van der Waals surface area contributed by atoms with Crippen LogP contribution >= 0.6 is 11.8 Å². The van der Waals surface area contributed by atoms with Crippen LogP contribution in [0.1, 0.15) is 26.7 Å². The van der Waals surface area contributed by atoms with E-state index in [1.54, 1.807) is 11.8 Å². The van der Waals surface area contributed by atoms with Crippen LogP contribution in [0.4, 0.5) is 4.79 Å². The lowest BCUT2D eigenvalue weighted by Crippen LogP contribution is -2.41. The summed E-state index contributed by atoms with van der Waals surface area (Å²) in [5, 5.41) is 15.3. The Morgan fingerprint density at radius 1 is 1.25 bits per heavy atom. The van der Waals surface area contributed by atoms with E-state index in [9.17, 15) is 9.90 Å². The first kappa shape index (κ1) is 16.9. The van der Waals surface area contributed by atoms with Gasteiger partial charge >= 0.3 is 6.03 Å². The fourth-order valence-corrected chi connectivity index (χ4v) is 2.66. The quantitative estimate of drug-likeness (QED) is 0.646. The fourth-order valence-electron chi connectivity index (χ4n) is 1.72. The molecule has 4 nitrogen and oxygen atoms in total. The maximum absolute atomic E-state index is 11.6. The SMILES string of the molecule is CCCC(O)CNC(=O)NCC(C)Sc1ccccc1. The van der Waals surface area contributed by atoms with Gasteiger partial charge in [0.25, 0.3) is 0 Å². The molecule has 2 amide bonds. The van der Waals surface area contributed by atoms with Crippen molar-refractivity contribution in [2.45, 2.75) is 42.9 Å². The second-order valence-corrected chi connectivity index (χ2v) is 6.29. The number of nitrogens with one attached hydrogen (secondary N) is 2. The monoisotopic (exact) mass is 296 g/mol. The molecule has 0 radical (unpaired) electrons. The number of benzene rings is 1. The molecular weight excluding hydrogens is 272 g/mol. The molecule has 0 saturated carbocycles.